The molecule has 0 amide bonds. The first-order valence-corrected chi connectivity index (χ1v) is 30.2. The average Bonchev–Trinajstić information content (AvgIpc) is 3.29. The third-order valence-corrected chi connectivity index (χ3v) is 19.3. The molecule has 0 spiro atoms. The Bertz CT molecular complexity index is 4490. The van der Waals surface area contributed by atoms with E-state index in [0.29, 0.717) is 5.56 Å². The quantitative estimate of drug-likeness (QED) is 0.165. The number of hydrogen-bond donors (Lipinski definition) is 0. The highest BCUT2D eigenvalue weighted by atomic mass is 32.1. The van der Waals surface area contributed by atoms with Crippen LogP contribution in [0.15, 0.2) is 164 Å². The summed E-state index contributed by atoms with van der Waals surface area (Å²) in [5.74, 6) is 0. The summed E-state index contributed by atoms with van der Waals surface area (Å²) in [7, 11) is 0. The van der Waals surface area contributed by atoms with Gasteiger partial charge in [-0.15, -0.1) is 11.3 Å². The number of anilines is 9. The van der Waals surface area contributed by atoms with Crippen molar-refractivity contribution in [2.24, 2.45) is 0 Å². The second-order valence-corrected chi connectivity index (χ2v) is 29.8. The molecule has 82 heavy (non-hydrogen) atoms. The Labute approximate surface area is 489 Å². The maximum atomic E-state index is 11.5. The number of thiophene rings is 1. The third-order valence-electron chi connectivity index (χ3n) is 18.0. The molecule has 11 aromatic rings. The van der Waals surface area contributed by atoms with E-state index in [4.69, 9.17) is 0 Å². The fraction of sp³-hybridized carbons (Fsp3) is 0.267. The van der Waals surface area contributed by atoms with Gasteiger partial charge in [0.1, 0.15) is 0 Å². The minimum atomic E-state index is -0.185. The van der Waals surface area contributed by atoms with Crippen LogP contribution in [-0.2, 0) is 27.1 Å². The maximum Gasteiger partial charge on any atom is 0.252 e. The second kappa shape index (κ2) is 17.5. The Morgan fingerprint density at radius 3 is 1.59 bits per heavy atom. The monoisotopic (exact) mass is 1090 g/mol. The molecule has 5 heterocycles. The smallest absolute Gasteiger partial charge is 0.252 e. The lowest BCUT2D eigenvalue weighted by Crippen LogP contribution is -2.62. The summed E-state index contributed by atoms with van der Waals surface area (Å²) in [4.78, 5) is 7.55. The van der Waals surface area contributed by atoms with Crippen LogP contribution < -0.4 is 31.1 Å². The van der Waals surface area contributed by atoms with Crippen molar-refractivity contribution < 1.29 is 0 Å². The predicted molar refractivity (Wildman–Crippen MR) is 354 cm³/mol. The molecule has 14 rings (SSSR count). The van der Waals surface area contributed by atoms with Gasteiger partial charge < -0.3 is 19.3 Å². The minimum Gasteiger partial charge on any atom is -0.310 e. The van der Waals surface area contributed by atoms with E-state index in [1.807, 2.05) is 11.3 Å². The first kappa shape index (κ1) is 52.1. The standard InChI is InChI=1S/C75H72BN5S/c1-71(2,3)45-23-28-50(29-24-45)78(51-30-25-46(26-31-51)72(4,5)6)52-32-33-57-61(42-52)79(60-21-18-20-54-53-19-16-17-22-66(53)82-70(54)60)62-35-44(43-77)36-63-67(62)76(57)58-39-49(75(13,14)15)41-65-69(58)81(63)64-40-48(74(10,11)12)38-56-55-37-47(73(7,8)9)27-34-59(55)80(65)68(56)64/h16-42H,1-15H3. The first-order chi connectivity index (χ1) is 38.8. The van der Waals surface area contributed by atoms with Crippen LogP contribution in [0.3, 0.4) is 0 Å². The van der Waals surface area contributed by atoms with Crippen molar-refractivity contribution in [3.8, 4) is 11.8 Å². The van der Waals surface area contributed by atoms with E-state index in [2.05, 4.69) is 293 Å². The number of nitrogens with zero attached hydrogens (tertiary/aromatic N) is 5. The van der Waals surface area contributed by atoms with Gasteiger partial charge in [0, 0.05) is 60.4 Å². The largest absolute Gasteiger partial charge is 0.310 e. The topological polar surface area (TPSA) is 38.4 Å². The Kier molecular flexibility index (Phi) is 11.1. The Hall–Kier alpha value is -8.05. The van der Waals surface area contributed by atoms with Gasteiger partial charge in [-0.3, -0.25) is 0 Å². The van der Waals surface area contributed by atoms with Crippen molar-refractivity contribution >= 4 is 128 Å². The Balaban J connectivity index is 1.12. The summed E-state index contributed by atoms with van der Waals surface area (Å²) < 4.78 is 5.06. The van der Waals surface area contributed by atoms with Gasteiger partial charge in [0.15, 0.2) is 0 Å². The van der Waals surface area contributed by atoms with Crippen LogP contribution in [0.2, 0.25) is 0 Å². The molecule has 0 radical (unpaired) electrons. The van der Waals surface area contributed by atoms with Crippen LogP contribution in [0.25, 0.3) is 47.7 Å². The van der Waals surface area contributed by atoms with Crippen molar-refractivity contribution in [1.82, 2.24) is 4.57 Å². The number of hydrogen-bond acceptors (Lipinski definition) is 5. The first-order valence-electron chi connectivity index (χ1n) is 29.3. The van der Waals surface area contributed by atoms with Crippen LogP contribution in [0, 0.1) is 11.3 Å². The highest BCUT2D eigenvalue weighted by Crippen LogP contribution is 2.56. The van der Waals surface area contributed by atoms with Crippen LogP contribution in [0.4, 0.5) is 51.2 Å². The molecule has 7 heteroatoms. The van der Waals surface area contributed by atoms with Gasteiger partial charge >= 0.3 is 0 Å². The molecule has 0 bridgehead atoms. The molecule has 0 atom stereocenters. The zero-order valence-electron chi connectivity index (χ0n) is 50.3. The van der Waals surface area contributed by atoms with Crippen LogP contribution in [-0.4, -0.2) is 11.3 Å². The van der Waals surface area contributed by atoms with E-state index in [0.717, 1.165) is 45.5 Å². The molecular weight excluding hydrogens is 1010 g/mol. The molecule has 5 nitrogen and oxygen atoms in total. The molecule has 9 aromatic carbocycles. The molecule has 0 unspecified atom stereocenters. The number of benzene rings is 9. The van der Waals surface area contributed by atoms with Crippen LogP contribution >= 0.6 is 11.3 Å². The van der Waals surface area contributed by atoms with E-state index in [1.165, 1.54) is 97.6 Å². The average molecular weight is 1090 g/mol. The van der Waals surface area contributed by atoms with Gasteiger partial charge in [-0.1, -0.05) is 177 Å². The molecule has 3 aliphatic heterocycles. The molecule has 3 aliphatic rings. The SMILES string of the molecule is CC(C)(C)c1ccc(N(c2ccc(C(C)(C)C)cc2)c2ccc3c(c2)N(c2cccc4c2sc2ccccc24)c2cc(C#N)cc4c2B3c2cc(C(C)(C)C)cc3c2N4c2cc(C(C)(C)C)cc4c5cc(C(C)(C)C)ccc5n-3c24)cc1. The van der Waals surface area contributed by atoms with E-state index in [9.17, 15) is 5.26 Å². The molecule has 0 saturated carbocycles. The lowest BCUT2D eigenvalue weighted by Gasteiger charge is -2.47. The van der Waals surface area contributed by atoms with Crippen LogP contribution in [0.1, 0.15) is 137 Å². The summed E-state index contributed by atoms with van der Waals surface area (Å²) in [6.07, 6.45) is 0. The molecule has 0 N–H and O–H groups in total. The molecule has 0 saturated heterocycles. The number of fused-ring (bicyclic) bond motifs is 12. The summed E-state index contributed by atoms with van der Waals surface area (Å²) >= 11 is 1.85. The van der Waals surface area contributed by atoms with E-state index >= 15 is 0 Å². The van der Waals surface area contributed by atoms with Gasteiger partial charge in [0.2, 0.25) is 0 Å². The fourth-order valence-electron chi connectivity index (χ4n) is 13.4. The molecule has 0 fully saturated rings. The Morgan fingerprint density at radius 1 is 0.415 bits per heavy atom. The lowest BCUT2D eigenvalue weighted by atomic mass is 9.33. The van der Waals surface area contributed by atoms with Crippen molar-refractivity contribution in [2.45, 2.75) is 131 Å². The van der Waals surface area contributed by atoms with E-state index < -0.39 is 0 Å². The minimum absolute atomic E-state index is 0.00155. The van der Waals surface area contributed by atoms with Crippen molar-refractivity contribution in [3.63, 3.8) is 0 Å². The lowest BCUT2D eigenvalue weighted by molar-refractivity contribution is 0.590. The second-order valence-electron chi connectivity index (χ2n) is 28.7. The number of aromatic nitrogens is 1. The van der Waals surface area contributed by atoms with Gasteiger partial charge in [-0.05, 0) is 162 Å². The summed E-state index contributed by atoms with van der Waals surface area (Å²) in [6, 6.07) is 65.6. The Morgan fingerprint density at radius 2 is 0.963 bits per heavy atom. The van der Waals surface area contributed by atoms with E-state index in [-0.39, 0.29) is 33.8 Å². The molecule has 406 valence electrons. The summed E-state index contributed by atoms with van der Waals surface area (Å²) in [5.41, 5.74) is 23.9. The fourth-order valence-corrected chi connectivity index (χ4v) is 14.6. The van der Waals surface area contributed by atoms with Crippen molar-refractivity contribution in [3.05, 3.63) is 197 Å². The van der Waals surface area contributed by atoms with Crippen molar-refractivity contribution in [1.29, 1.82) is 5.26 Å². The van der Waals surface area contributed by atoms with Gasteiger partial charge in [-0.25, -0.2) is 0 Å². The van der Waals surface area contributed by atoms with Gasteiger partial charge in [0.05, 0.1) is 50.1 Å². The van der Waals surface area contributed by atoms with Crippen molar-refractivity contribution in [2.75, 3.05) is 14.7 Å². The highest BCUT2D eigenvalue weighted by Gasteiger charge is 2.48. The predicted octanol–water partition coefficient (Wildman–Crippen LogP) is 19.4. The van der Waals surface area contributed by atoms with Gasteiger partial charge in [-0.2, -0.15) is 5.26 Å². The molecule has 2 aromatic heterocycles. The van der Waals surface area contributed by atoms with Crippen LogP contribution in [0.5, 0.6) is 0 Å². The number of rotatable bonds is 4. The molecular formula is C75H72BN5S. The maximum absolute atomic E-state index is 11.5. The highest BCUT2D eigenvalue weighted by molar-refractivity contribution is 7.26. The summed E-state index contributed by atoms with van der Waals surface area (Å²) in [6.45, 7) is 34.6. The normalized spacial score (nSPS) is 14.0. The van der Waals surface area contributed by atoms with E-state index in [1.54, 1.807) is 0 Å². The zero-order chi connectivity index (χ0) is 57.5. The third kappa shape index (κ3) is 7.84. The summed E-state index contributed by atoms with van der Waals surface area (Å²) in [5, 5.41) is 16.5. The number of nitriles is 1. The molecule has 0 aliphatic carbocycles. The van der Waals surface area contributed by atoms with Gasteiger partial charge in [0.25, 0.3) is 6.71 Å². The zero-order valence-corrected chi connectivity index (χ0v) is 51.1.